The first-order valence-corrected chi connectivity index (χ1v) is 18.3. The summed E-state index contributed by atoms with van der Waals surface area (Å²) in [6.45, 7) is 0.948. The van der Waals surface area contributed by atoms with Crippen LogP contribution in [0.2, 0.25) is 0 Å². The van der Waals surface area contributed by atoms with Crippen LogP contribution < -0.4 is 16.2 Å². The summed E-state index contributed by atoms with van der Waals surface area (Å²) >= 11 is 0. The van der Waals surface area contributed by atoms with E-state index < -0.39 is 12.3 Å². The van der Waals surface area contributed by atoms with Crippen LogP contribution in [0.5, 0.6) is 11.5 Å². The number of rotatable bonds is 16. The van der Waals surface area contributed by atoms with Crippen LogP contribution in [0.1, 0.15) is 119 Å². The van der Waals surface area contributed by atoms with Crippen LogP contribution in [0.25, 0.3) is 0 Å². The zero-order valence-corrected chi connectivity index (χ0v) is 28.4. The molecule has 8 nitrogen and oxygen atoms in total. The first-order valence-electron chi connectivity index (χ1n) is 18.3. The fourth-order valence-electron chi connectivity index (χ4n) is 8.38. The van der Waals surface area contributed by atoms with Gasteiger partial charge in [0.2, 0.25) is 0 Å². The van der Waals surface area contributed by atoms with Gasteiger partial charge in [-0.1, -0.05) is 94.5 Å². The molecule has 2 aliphatic heterocycles. The molecule has 4 aliphatic rings. The van der Waals surface area contributed by atoms with Gasteiger partial charge in [-0.3, -0.25) is 9.79 Å². The Kier molecular flexibility index (Phi) is 11.3. The minimum absolute atomic E-state index is 0.0709. The number of hydrogen-bond donors (Lipinski definition) is 4. The van der Waals surface area contributed by atoms with Gasteiger partial charge in [0, 0.05) is 42.8 Å². The minimum atomic E-state index is -0.561. The predicted octanol–water partition coefficient (Wildman–Crippen LogP) is 7.09. The van der Waals surface area contributed by atoms with Gasteiger partial charge in [0.25, 0.3) is 0 Å². The maximum atomic E-state index is 12.7. The first kappa shape index (κ1) is 34.4. The monoisotopic (exact) mass is 654 g/mol. The number of allylic oxidation sites excluding steroid dienone is 1. The summed E-state index contributed by atoms with van der Waals surface area (Å²) in [5.74, 6) is 1.40. The van der Waals surface area contributed by atoms with Gasteiger partial charge in [-0.15, -0.1) is 0 Å². The Morgan fingerprint density at radius 1 is 1.04 bits per heavy atom. The van der Waals surface area contributed by atoms with Gasteiger partial charge in [0.05, 0.1) is 18.0 Å². The Hall–Kier alpha value is -3.46. The summed E-state index contributed by atoms with van der Waals surface area (Å²) in [6, 6.07) is 13.7. The van der Waals surface area contributed by atoms with E-state index in [0.29, 0.717) is 31.6 Å². The van der Waals surface area contributed by atoms with Gasteiger partial charge in [-0.2, -0.15) is 0 Å². The smallest absolute Gasteiger partial charge is 0.163 e. The van der Waals surface area contributed by atoms with E-state index in [-0.39, 0.29) is 30.1 Å². The van der Waals surface area contributed by atoms with Gasteiger partial charge in [0.15, 0.2) is 18.2 Å². The summed E-state index contributed by atoms with van der Waals surface area (Å²) in [6.07, 6.45) is 19.5. The predicted molar refractivity (Wildman–Crippen MR) is 191 cm³/mol. The molecule has 2 fully saturated rings. The standard InChI is InChI=1S/C40H54N4O4/c41-39(42)30-12-8-13-31(22-30)40(19-6-7-20-40)35-24-43-36-26-44(25-34(35)36)27-48-38-21-29(16-18-37(38)47)15-17-33(46)23-32(45)14-5-4-11-28-9-2-1-3-10-28/h8,12-13,16,18,21-22,24,26,28,32,39,45,47H,1-7,9-11,14-15,17,19-20,23,25,27,41-42H2/t32-/m1/s1. The van der Waals surface area contributed by atoms with Crippen LogP contribution in [0.15, 0.2) is 70.5 Å². The zero-order chi connectivity index (χ0) is 33.5. The number of phenols is 1. The fourth-order valence-corrected chi connectivity index (χ4v) is 8.38. The largest absolute Gasteiger partial charge is 0.504 e. The number of carbonyl (C=O) groups excluding carboxylic acids is 1. The van der Waals surface area contributed by atoms with Crippen molar-refractivity contribution >= 4 is 12.0 Å². The van der Waals surface area contributed by atoms with Gasteiger partial charge in [0.1, 0.15) is 5.78 Å². The lowest BCUT2D eigenvalue weighted by atomic mass is 9.71. The molecule has 0 spiro atoms. The Morgan fingerprint density at radius 2 is 1.85 bits per heavy atom. The molecule has 0 radical (unpaired) electrons. The topological polar surface area (TPSA) is 134 Å². The molecule has 0 aromatic heterocycles. The lowest BCUT2D eigenvalue weighted by Crippen LogP contribution is -2.29. The quantitative estimate of drug-likeness (QED) is 0.112. The van der Waals surface area contributed by atoms with Crippen molar-refractivity contribution in [3.05, 3.63) is 82.2 Å². The number of aryl methyl sites for hydroxylation is 1. The summed E-state index contributed by atoms with van der Waals surface area (Å²) in [7, 11) is 0. The Labute approximate surface area is 286 Å². The highest BCUT2D eigenvalue weighted by Crippen LogP contribution is 2.50. The average Bonchev–Trinajstić information content (AvgIpc) is 3.84. The van der Waals surface area contributed by atoms with Crippen molar-refractivity contribution < 1.29 is 19.7 Å². The molecule has 0 saturated heterocycles. The molecular formula is C40H54N4O4. The fraction of sp³-hybridized carbons (Fsp3) is 0.550. The third kappa shape index (κ3) is 8.21. The SMILES string of the molecule is NC(N)c1cccc(C2(C3=C4CN(COc5cc(CCC(=O)C[C@H](O)CCCCC6CCCCC6)ccc5O)C=C4N=C3)CCCC2)c1. The number of phenolic OH excluding ortho intramolecular Hbond substituents is 1. The minimum Gasteiger partial charge on any atom is -0.504 e. The van der Waals surface area contributed by atoms with E-state index in [2.05, 4.69) is 23.1 Å². The van der Waals surface area contributed by atoms with Crippen molar-refractivity contribution in [2.75, 3.05) is 13.3 Å². The molecule has 2 heterocycles. The number of nitrogens with two attached hydrogens (primary N) is 2. The number of Topliss-reactive ketones (excluding diaryl/α,β-unsaturated/α-hetero) is 1. The van der Waals surface area contributed by atoms with Crippen molar-refractivity contribution in [3.8, 4) is 11.5 Å². The third-order valence-corrected chi connectivity index (χ3v) is 11.1. The second-order valence-electron chi connectivity index (χ2n) is 14.6. The highest BCUT2D eigenvalue weighted by atomic mass is 16.5. The van der Waals surface area contributed by atoms with E-state index in [4.69, 9.17) is 21.2 Å². The molecule has 258 valence electrons. The highest BCUT2D eigenvalue weighted by molar-refractivity contribution is 5.90. The van der Waals surface area contributed by atoms with Gasteiger partial charge < -0.3 is 31.3 Å². The first-order chi connectivity index (χ1) is 23.3. The number of carbonyl (C=O) groups is 1. The third-order valence-electron chi connectivity index (χ3n) is 11.1. The average molecular weight is 655 g/mol. The number of aromatic hydroxyl groups is 1. The van der Waals surface area contributed by atoms with Crippen molar-refractivity contribution in [1.82, 2.24) is 4.90 Å². The van der Waals surface area contributed by atoms with Crippen LogP contribution in [-0.2, 0) is 16.6 Å². The summed E-state index contributed by atoms with van der Waals surface area (Å²) in [5, 5.41) is 21.0. The van der Waals surface area contributed by atoms with Crippen LogP contribution in [-0.4, -0.2) is 46.5 Å². The molecule has 6 rings (SSSR count). The molecule has 6 N–H and O–H groups in total. The molecule has 2 aromatic rings. The van der Waals surface area contributed by atoms with Crippen LogP contribution in [0.3, 0.4) is 0 Å². The second-order valence-corrected chi connectivity index (χ2v) is 14.6. The Bertz CT molecular complexity index is 1520. The van der Waals surface area contributed by atoms with Crippen molar-refractivity contribution in [3.63, 3.8) is 0 Å². The molecule has 2 aliphatic carbocycles. The number of aliphatic hydroxyl groups excluding tert-OH is 1. The van der Waals surface area contributed by atoms with E-state index in [9.17, 15) is 15.0 Å². The number of ketones is 1. The molecule has 2 saturated carbocycles. The molecule has 8 heteroatoms. The Balaban J connectivity index is 0.996. The number of nitrogens with zero attached hydrogens (tertiary/aromatic N) is 2. The summed E-state index contributed by atoms with van der Waals surface area (Å²) in [4.78, 5) is 19.5. The zero-order valence-electron chi connectivity index (χ0n) is 28.4. The lowest BCUT2D eigenvalue weighted by Gasteiger charge is -2.32. The maximum Gasteiger partial charge on any atom is 0.163 e. The van der Waals surface area contributed by atoms with Crippen LogP contribution in [0.4, 0.5) is 0 Å². The number of aliphatic hydroxyl groups is 1. The lowest BCUT2D eigenvalue weighted by molar-refractivity contribution is -0.121. The normalized spacial score (nSPS) is 19.7. The van der Waals surface area contributed by atoms with Gasteiger partial charge >= 0.3 is 0 Å². The number of hydrogen-bond acceptors (Lipinski definition) is 8. The number of benzene rings is 2. The van der Waals surface area contributed by atoms with E-state index in [1.54, 1.807) is 6.07 Å². The number of aliphatic imine (C=N–C) groups is 1. The number of fused-ring (bicyclic) bond motifs is 1. The van der Waals surface area contributed by atoms with Gasteiger partial charge in [-0.05, 0) is 66.0 Å². The number of ether oxygens (including phenoxy) is 1. The number of unbranched alkanes of at least 4 members (excludes halogenated alkanes) is 1. The molecule has 1 atom stereocenters. The van der Waals surface area contributed by atoms with Crippen molar-refractivity contribution in [1.29, 1.82) is 0 Å². The van der Waals surface area contributed by atoms with E-state index >= 15 is 0 Å². The molecular weight excluding hydrogens is 600 g/mol. The van der Waals surface area contributed by atoms with E-state index in [1.807, 2.05) is 30.6 Å². The van der Waals surface area contributed by atoms with Crippen molar-refractivity contribution in [2.24, 2.45) is 22.4 Å². The van der Waals surface area contributed by atoms with Crippen LogP contribution in [0, 0.1) is 5.92 Å². The van der Waals surface area contributed by atoms with E-state index in [0.717, 1.165) is 61.3 Å². The molecule has 2 aromatic carbocycles. The highest BCUT2D eigenvalue weighted by Gasteiger charge is 2.43. The van der Waals surface area contributed by atoms with Crippen molar-refractivity contribution in [2.45, 2.75) is 120 Å². The molecule has 48 heavy (non-hydrogen) atoms. The second kappa shape index (κ2) is 15.8. The maximum absolute atomic E-state index is 12.7. The van der Waals surface area contributed by atoms with Gasteiger partial charge in [-0.25, -0.2) is 0 Å². The molecule has 0 amide bonds. The van der Waals surface area contributed by atoms with Crippen LogP contribution >= 0.6 is 0 Å². The van der Waals surface area contributed by atoms with E-state index in [1.165, 1.54) is 55.2 Å². The Morgan fingerprint density at radius 3 is 2.65 bits per heavy atom. The molecule has 0 unspecified atom stereocenters. The summed E-state index contributed by atoms with van der Waals surface area (Å²) < 4.78 is 6.11. The summed E-state index contributed by atoms with van der Waals surface area (Å²) in [5.41, 5.74) is 18.5. The molecule has 0 bridgehead atoms.